The normalized spacial score (nSPS) is 11.0. The summed E-state index contributed by atoms with van der Waals surface area (Å²) in [6.07, 6.45) is 1.26. The maximum absolute atomic E-state index is 13.6. The molecule has 1 aromatic carbocycles. The van der Waals surface area contributed by atoms with Crippen LogP contribution in [0.4, 0.5) is 15.9 Å². The fourth-order valence-electron chi connectivity index (χ4n) is 2.40. The molecule has 0 bridgehead atoms. The van der Waals surface area contributed by atoms with Crippen molar-refractivity contribution < 1.29 is 13.9 Å². The number of fused-ring (bicyclic) bond motifs is 1. The number of rotatable bonds is 8. The SMILES string of the molecule is CNCCNC(=O)c1nc2c(Nc3ccc(F)cc3OC(C)C)ncnc2s1. The van der Waals surface area contributed by atoms with Crippen molar-refractivity contribution in [2.75, 3.05) is 25.5 Å². The Morgan fingerprint density at radius 3 is 2.86 bits per heavy atom. The average molecular weight is 404 g/mol. The Kier molecular flexibility index (Phi) is 6.32. The molecule has 148 valence electrons. The van der Waals surface area contributed by atoms with E-state index < -0.39 is 5.82 Å². The highest BCUT2D eigenvalue weighted by atomic mass is 32.1. The van der Waals surface area contributed by atoms with Gasteiger partial charge in [0.1, 0.15) is 28.2 Å². The van der Waals surface area contributed by atoms with Crippen LogP contribution in [0.3, 0.4) is 0 Å². The zero-order chi connectivity index (χ0) is 20.1. The van der Waals surface area contributed by atoms with Gasteiger partial charge >= 0.3 is 0 Å². The maximum atomic E-state index is 13.6. The Balaban J connectivity index is 1.89. The van der Waals surface area contributed by atoms with Crippen LogP contribution in [-0.2, 0) is 0 Å². The molecule has 3 aromatic rings. The predicted molar refractivity (Wildman–Crippen MR) is 107 cm³/mol. The minimum atomic E-state index is -0.400. The second-order valence-corrected chi connectivity index (χ2v) is 7.16. The molecule has 2 aromatic heterocycles. The number of hydrogen-bond acceptors (Lipinski definition) is 8. The van der Waals surface area contributed by atoms with Crippen LogP contribution in [0.1, 0.15) is 23.6 Å². The van der Waals surface area contributed by atoms with Crippen molar-refractivity contribution in [2.45, 2.75) is 20.0 Å². The minimum Gasteiger partial charge on any atom is -0.489 e. The zero-order valence-corrected chi connectivity index (χ0v) is 16.6. The van der Waals surface area contributed by atoms with Crippen LogP contribution >= 0.6 is 11.3 Å². The second-order valence-electron chi connectivity index (χ2n) is 6.19. The van der Waals surface area contributed by atoms with Crippen molar-refractivity contribution in [2.24, 2.45) is 0 Å². The third-order valence-corrected chi connectivity index (χ3v) is 4.57. The fraction of sp³-hybridized carbons (Fsp3) is 0.333. The summed E-state index contributed by atoms with van der Waals surface area (Å²) in [4.78, 5) is 25.6. The molecule has 0 aliphatic heterocycles. The molecule has 10 heteroatoms. The molecule has 2 heterocycles. The maximum Gasteiger partial charge on any atom is 0.280 e. The van der Waals surface area contributed by atoms with Gasteiger partial charge in [-0.2, -0.15) is 0 Å². The van der Waals surface area contributed by atoms with E-state index in [-0.39, 0.29) is 12.0 Å². The minimum absolute atomic E-state index is 0.125. The summed E-state index contributed by atoms with van der Waals surface area (Å²) in [6, 6.07) is 4.21. The monoisotopic (exact) mass is 404 g/mol. The number of halogens is 1. The van der Waals surface area contributed by atoms with E-state index in [1.54, 1.807) is 6.07 Å². The third-order valence-electron chi connectivity index (χ3n) is 3.61. The summed E-state index contributed by atoms with van der Waals surface area (Å²) in [5.74, 6) is 0.107. The number of hydrogen-bond donors (Lipinski definition) is 3. The third kappa shape index (κ3) is 4.70. The summed E-state index contributed by atoms with van der Waals surface area (Å²) in [6.45, 7) is 4.87. The molecular formula is C18H21FN6O2S. The molecule has 0 spiro atoms. The summed E-state index contributed by atoms with van der Waals surface area (Å²) in [5.41, 5.74) is 1.01. The number of amides is 1. The van der Waals surface area contributed by atoms with Gasteiger partial charge in [0.25, 0.3) is 5.91 Å². The van der Waals surface area contributed by atoms with E-state index in [0.29, 0.717) is 45.7 Å². The van der Waals surface area contributed by atoms with Crippen LogP contribution in [0.15, 0.2) is 24.5 Å². The van der Waals surface area contributed by atoms with Crippen molar-refractivity contribution in [3.05, 3.63) is 35.4 Å². The molecular weight excluding hydrogens is 383 g/mol. The van der Waals surface area contributed by atoms with Crippen molar-refractivity contribution in [3.63, 3.8) is 0 Å². The zero-order valence-electron chi connectivity index (χ0n) is 15.7. The summed E-state index contributed by atoms with van der Waals surface area (Å²) < 4.78 is 19.3. The largest absolute Gasteiger partial charge is 0.489 e. The molecule has 28 heavy (non-hydrogen) atoms. The molecule has 0 fully saturated rings. The number of carbonyl (C=O) groups is 1. The summed E-state index contributed by atoms with van der Waals surface area (Å²) in [5, 5.41) is 9.15. The molecule has 0 radical (unpaired) electrons. The van der Waals surface area contributed by atoms with Crippen LogP contribution in [0.2, 0.25) is 0 Å². The van der Waals surface area contributed by atoms with Crippen LogP contribution in [-0.4, -0.2) is 47.1 Å². The van der Waals surface area contributed by atoms with E-state index >= 15 is 0 Å². The molecule has 1 amide bonds. The summed E-state index contributed by atoms with van der Waals surface area (Å²) in [7, 11) is 1.81. The van der Waals surface area contributed by atoms with Gasteiger partial charge in [-0.3, -0.25) is 4.79 Å². The van der Waals surface area contributed by atoms with Gasteiger partial charge < -0.3 is 20.7 Å². The molecule has 0 saturated heterocycles. The molecule has 0 atom stereocenters. The van der Waals surface area contributed by atoms with Crippen LogP contribution < -0.4 is 20.7 Å². The number of carbonyl (C=O) groups excluding carboxylic acids is 1. The molecule has 3 N–H and O–H groups in total. The average Bonchev–Trinajstić information content (AvgIpc) is 3.09. The highest BCUT2D eigenvalue weighted by molar-refractivity contribution is 7.19. The standard InChI is InChI=1S/C18H21FN6O2S/c1-10(2)27-13-8-11(19)4-5-12(13)24-15-14-17(23-9-22-15)28-18(25-14)16(26)21-7-6-20-3/h4-5,8-10,20H,6-7H2,1-3H3,(H,21,26)(H,22,23,24). The first-order chi connectivity index (χ1) is 13.5. The number of thiazole rings is 1. The van der Waals surface area contributed by atoms with Gasteiger partial charge in [0.2, 0.25) is 0 Å². The van der Waals surface area contributed by atoms with Crippen molar-refractivity contribution >= 4 is 39.1 Å². The lowest BCUT2D eigenvalue weighted by Gasteiger charge is -2.15. The van der Waals surface area contributed by atoms with Gasteiger partial charge in [0, 0.05) is 19.2 Å². The summed E-state index contributed by atoms with van der Waals surface area (Å²) >= 11 is 1.18. The molecule has 0 aliphatic carbocycles. The number of nitrogens with zero attached hydrogens (tertiary/aromatic N) is 3. The Morgan fingerprint density at radius 1 is 1.29 bits per heavy atom. The van der Waals surface area contributed by atoms with E-state index in [1.165, 1.54) is 29.8 Å². The second kappa shape index (κ2) is 8.89. The lowest BCUT2D eigenvalue weighted by atomic mass is 10.2. The number of anilines is 2. The van der Waals surface area contributed by atoms with Gasteiger partial charge in [0.05, 0.1) is 11.8 Å². The first kappa shape index (κ1) is 19.9. The van der Waals surface area contributed by atoms with Crippen LogP contribution in [0.5, 0.6) is 5.75 Å². The van der Waals surface area contributed by atoms with E-state index in [0.717, 1.165) is 0 Å². The Labute approximate surface area is 165 Å². The van der Waals surface area contributed by atoms with Crippen molar-refractivity contribution in [1.82, 2.24) is 25.6 Å². The number of ether oxygens (including phenoxy) is 1. The molecule has 8 nitrogen and oxygen atoms in total. The van der Waals surface area contributed by atoms with Gasteiger partial charge in [0.15, 0.2) is 10.8 Å². The fourth-order valence-corrected chi connectivity index (χ4v) is 3.22. The lowest BCUT2D eigenvalue weighted by Crippen LogP contribution is -2.30. The highest BCUT2D eigenvalue weighted by Gasteiger charge is 2.17. The molecule has 3 rings (SSSR count). The van der Waals surface area contributed by atoms with Gasteiger partial charge in [-0.15, -0.1) is 0 Å². The molecule has 0 unspecified atom stereocenters. The molecule has 0 aliphatic rings. The Bertz CT molecular complexity index is 978. The lowest BCUT2D eigenvalue weighted by molar-refractivity contribution is 0.0954. The topological polar surface area (TPSA) is 101 Å². The van der Waals surface area contributed by atoms with Crippen molar-refractivity contribution in [3.8, 4) is 5.75 Å². The number of nitrogens with one attached hydrogen (secondary N) is 3. The quantitative estimate of drug-likeness (QED) is 0.496. The first-order valence-electron chi connectivity index (χ1n) is 8.75. The van der Waals surface area contributed by atoms with Gasteiger partial charge in [-0.25, -0.2) is 19.3 Å². The van der Waals surface area contributed by atoms with E-state index in [1.807, 2.05) is 20.9 Å². The predicted octanol–water partition coefficient (Wildman–Crippen LogP) is 2.71. The van der Waals surface area contributed by atoms with Gasteiger partial charge in [-0.1, -0.05) is 11.3 Å². The Morgan fingerprint density at radius 2 is 2.11 bits per heavy atom. The number of aromatic nitrogens is 3. The van der Waals surface area contributed by atoms with Gasteiger partial charge in [-0.05, 0) is 33.0 Å². The van der Waals surface area contributed by atoms with E-state index in [9.17, 15) is 9.18 Å². The smallest absolute Gasteiger partial charge is 0.280 e. The Hall–Kier alpha value is -2.85. The number of benzene rings is 1. The van der Waals surface area contributed by atoms with Crippen LogP contribution in [0.25, 0.3) is 10.3 Å². The highest BCUT2D eigenvalue weighted by Crippen LogP contribution is 2.32. The van der Waals surface area contributed by atoms with E-state index in [2.05, 4.69) is 30.9 Å². The van der Waals surface area contributed by atoms with Crippen LogP contribution in [0, 0.1) is 5.82 Å². The molecule has 0 saturated carbocycles. The number of likely N-dealkylation sites (N-methyl/N-ethyl adjacent to an activating group) is 1. The van der Waals surface area contributed by atoms with Crippen molar-refractivity contribution in [1.29, 1.82) is 0 Å². The first-order valence-corrected chi connectivity index (χ1v) is 9.57. The van der Waals surface area contributed by atoms with E-state index in [4.69, 9.17) is 4.74 Å².